The largest absolute Gasteiger partial charge is 0.492 e. The summed E-state index contributed by atoms with van der Waals surface area (Å²) in [6.45, 7) is 2.11. The topological polar surface area (TPSA) is 52.3 Å². The molecule has 3 aromatic rings. The Labute approximate surface area is 148 Å². The van der Waals surface area contributed by atoms with E-state index in [1.807, 2.05) is 30.3 Å². The number of benzene rings is 1. The van der Waals surface area contributed by atoms with Crippen LogP contribution in [0.5, 0.6) is 5.75 Å². The normalized spacial score (nSPS) is 10.7. The van der Waals surface area contributed by atoms with Gasteiger partial charge in [-0.15, -0.1) is 11.3 Å². The Balaban J connectivity index is 1.44. The summed E-state index contributed by atoms with van der Waals surface area (Å²) >= 11 is 3.34. The molecular weight excluding hydrogens is 342 g/mol. The lowest BCUT2D eigenvalue weighted by molar-refractivity contribution is 0.101. The number of nitrogens with zero attached hydrogens (tertiary/aromatic N) is 1. The minimum Gasteiger partial charge on any atom is -0.492 e. The van der Waals surface area contributed by atoms with E-state index in [1.165, 1.54) is 0 Å². The number of Topliss-reactive ketones (excluding diaryl/α,β-unsaturated/α-hetero) is 1. The van der Waals surface area contributed by atoms with Crippen LogP contribution in [0.15, 0.2) is 52.5 Å². The van der Waals surface area contributed by atoms with E-state index in [-0.39, 0.29) is 5.78 Å². The molecule has 24 heavy (non-hydrogen) atoms. The number of ether oxygens (including phenoxy) is 1. The highest BCUT2D eigenvalue weighted by Crippen LogP contribution is 2.25. The van der Waals surface area contributed by atoms with Gasteiger partial charge in [0.25, 0.3) is 0 Å². The van der Waals surface area contributed by atoms with Gasteiger partial charge in [0.2, 0.25) is 0 Å². The number of hydrogen-bond acceptors (Lipinski definition) is 6. The molecule has 0 aliphatic carbocycles. The van der Waals surface area contributed by atoms with Gasteiger partial charge < -0.3 is 9.15 Å². The van der Waals surface area contributed by atoms with Crippen molar-refractivity contribution >= 4 is 28.9 Å². The first-order valence-electron chi connectivity index (χ1n) is 7.53. The molecule has 2 heterocycles. The van der Waals surface area contributed by atoms with Crippen LogP contribution < -0.4 is 4.74 Å². The first kappa shape index (κ1) is 16.8. The Morgan fingerprint density at radius 1 is 1.29 bits per heavy atom. The molecule has 0 aliphatic rings. The molecule has 0 bridgehead atoms. The van der Waals surface area contributed by atoms with Crippen LogP contribution in [0.2, 0.25) is 0 Å². The molecule has 0 N–H and O–H groups in total. The fraction of sp³-hybridized carbons (Fsp3) is 0.222. The van der Waals surface area contributed by atoms with E-state index in [0.29, 0.717) is 17.9 Å². The lowest BCUT2D eigenvalue weighted by atomic mass is 10.1. The number of carbonyl (C=O) groups excluding carboxylic acids is 1. The Morgan fingerprint density at radius 2 is 2.17 bits per heavy atom. The van der Waals surface area contributed by atoms with Gasteiger partial charge in [-0.1, -0.05) is 12.1 Å². The molecule has 0 saturated carbocycles. The predicted octanol–water partition coefficient (Wildman–Crippen LogP) is 4.92. The summed E-state index contributed by atoms with van der Waals surface area (Å²) in [7, 11) is 0. The van der Waals surface area contributed by atoms with Crippen molar-refractivity contribution in [2.24, 2.45) is 0 Å². The summed E-state index contributed by atoms with van der Waals surface area (Å²) in [5.74, 6) is 3.14. The molecule has 2 aromatic heterocycles. The zero-order chi connectivity index (χ0) is 16.8. The lowest BCUT2D eigenvalue weighted by Crippen LogP contribution is -2.04. The van der Waals surface area contributed by atoms with Gasteiger partial charge in [0, 0.05) is 16.9 Å². The maximum absolute atomic E-state index is 11.5. The number of aromatic nitrogens is 1. The van der Waals surface area contributed by atoms with Crippen LogP contribution in [-0.2, 0) is 5.75 Å². The fourth-order valence-corrected chi connectivity index (χ4v) is 3.75. The van der Waals surface area contributed by atoms with E-state index in [2.05, 4.69) is 10.4 Å². The van der Waals surface area contributed by atoms with Crippen LogP contribution in [0.1, 0.15) is 23.0 Å². The van der Waals surface area contributed by atoms with Crippen molar-refractivity contribution in [3.05, 3.63) is 59.3 Å². The van der Waals surface area contributed by atoms with Crippen molar-refractivity contribution in [1.82, 2.24) is 4.98 Å². The Hall–Kier alpha value is -2.05. The smallest absolute Gasteiger partial charge is 0.163 e. The Bertz CT molecular complexity index is 796. The molecular formula is C18H17NO3S2. The summed E-state index contributed by atoms with van der Waals surface area (Å²) in [6, 6.07) is 11.1. The van der Waals surface area contributed by atoms with Crippen molar-refractivity contribution < 1.29 is 13.9 Å². The summed E-state index contributed by atoms with van der Waals surface area (Å²) in [4.78, 5) is 16.1. The van der Waals surface area contributed by atoms with Crippen LogP contribution in [-0.4, -0.2) is 23.1 Å². The minimum atomic E-state index is 0.0196. The summed E-state index contributed by atoms with van der Waals surface area (Å²) in [5.41, 5.74) is 1.67. The van der Waals surface area contributed by atoms with E-state index in [4.69, 9.17) is 9.15 Å². The molecule has 0 fully saturated rings. The van der Waals surface area contributed by atoms with Crippen LogP contribution >= 0.6 is 23.1 Å². The lowest BCUT2D eigenvalue weighted by Gasteiger charge is -2.09. The zero-order valence-electron chi connectivity index (χ0n) is 13.2. The quantitative estimate of drug-likeness (QED) is 0.422. The fourth-order valence-electron chi connectivity index (χ4n) is 2.16. The molecule has 0 aliphatic heterocycles. The Morgan fingerprint density at radius 3 is 2.96 bits per heavy atom. The zero-order valence-corrected chi connectivity index (χ0v) is 14.9. The van der Waals surface area contributed by atoms with Crippen molar-refractivity contribution in [1.29, 1.82) is 0 Å². The number of furan rings is 1. The maximum atomic E-state index is 11.5. The number of thiazole rings is 1. The maximum Gasteiger partial charge on any atom is 0.163 e. The van der Waals surface area contributed by atoms with E-state index < -0.39 is 0 Å². The van der Waals surface area contributed by atoms with Crippen molar-refractivity contribution in [3.63, 3.8) is 0 Å². The number of thioether (sulfide) groups is 1. The van der Waals surface area contributed by atoms with Crippen LogP contribution in [0.25, 0.3) is 10.8 Å². The second kappa shape index (κ2) is 8.17. The van der Waals surface area contributed by atoms with Crippen molar-refractivity contribution in [2.75, 3.05) is 12.4 Å². The molecule has 0 radical (unpaired) electrons. The van der Waals surface area contributed by atoms with Gasteiger partial charge in [0.15, 0.2) is 16.6 Å². The Kier molecular flexibility index (Phi) is 5.72. The number of rotatable bonds is 8. The van der Waals surface area contributed by atoms with Gasteiger partial charge >= 0.3 is 0 Å². The molecule has 0 spiro atoms. The van der Waals surface area contributed by atoms with Crippen molar-refractivity contribution in [3.8, 4) is 16.5 Å². The van der Waals surface area contributed by atoms with E-state index in [1.54, 1.807) is 42.4 Å². The molecule has 4 nitrogen and oxygen atoms in total. The molecule has 0 unspecified atom stereocenters. The first-order valence-corrected chi connectivity index (χ1v) is 9.56. The van der Waals surface area contributed by atoms with Crippen LogP contribution in [0.3, 0.4) is 0 Å². The minimum absolute atomic E-state index is 0.0196. The van der Waals surface area contributed by atoms with E-state index >= 15 is 0 Å². The summed E-state index contributed by atoms with van der Waals surface area (Å²) in [6.07, 6.45) is 1.65. The predicted molar refractivity (Wildman–Crippen MR) is 97.9 cm³/mol. The van der Waals surface area contributed by atoms with Gasteiger partial charge in [-0.25, -0.2) is 4.98 Å². The highest BCUT2D eigenvalue weighted by atomic mass is 32.2. The third-order valence-electron chi connectivity index (χ3n) is 3.29. The third-order valence-corrected chi connectivity index (χ3v) is 5.15. The van der Waals surface area contributed by atoms with Gasteiger partial charge in [0.05, 0.1) is 24.1 Å². The average Bonchev–Trinajstić information content (AvgIpc) is 3.26. The van der Waals surface area contributed by atoms with Gasteiger partial charge in [0.1, 0.15) is 5.75 Å². The van der Waals surface area contributed by atoms with Crippen LogP contribution in [0, 0.1) is 0 Å². The number of ketones is 1. The highest BCUT2D eigenvalue weighted by molar-refractivity contribution is 7.98. The second-order valence-corrected chi connectivity index (χ2v) is 7.04. The third kappa shape index (κ3) is 4.27. The second-order valence-electron chi connectivity index (χ2n) is 5.07. The van der Waals surface area contributed by atoms with E-state index in [0.717, 1.165) is 28.0 Å². The van der Waals surface area contributed by atoms with Gasteiger partial charge in [-0.3, -0.25) is 4.79 Å². The molecule has 6 heteroatoms. The first-order chi connectivity index (χ1) is 11.7. The van der Waals surface area contributed by atoms with Gasteiger partial charge in [-0.2, -0.15) is 11.8 Å². The molecule has 3 rings (SSSR count). The molecule has 0 saturated heterocycles. The van der Waals surface area contributed by atoms with Crippen molar-refractivity contribution in [2.45, 2.75) is 12.7 Å². The highest BCUT2D eigenvalue weighted by Gasteiger charge is 2.08. The van der Waals surface area contributed by atoms with Crippen LogP contribution in [0.4, 0.5) is 0 Å². The summed E-state index contributed by atoms with van der Waals surface area (Å²) in [5, 5.41) is 2.96. The SMILES string of the molecule is CC(=O)c1ccccc1OCCSCc1csc(-c2ccco2)n1. The van der Waals surface area contributed by atoms with Gasteiger partial charge in [-0.05, 0) is 31.2 Å². The molecule has 1 aromatic carbocycles. The standard InChI is InChI=1S/C18H17NO3S2/c1-13(20)15-5-2-3-6-16(15)22-9-10-23-11-14-12-24-18(19-14)17-7-4-8-21-17/h2-8,12H,9-11H2,1H3. The van der Waals surface area contributed by atoms with E-state index in [9.17, 15) is 4.79 Å². The molecule has 0 amide bonds. The molecule has 0 atom stereocenters. The number of carbonyl (C=O) groups is 1. The number of hydrogen-bond donors (Lipinski definition) is 0. The summed E-state index contributed by atoms with van der Waals surface area (Å²) < 4.78 is 11.1. The molecule has 124 valence electrons. The average molecular weight is 359 g/mol. The monoisotopic (exact) mass is 359 g/mol. The number of para-hydroxylation sites is 1.